The van der Waals surface area contributed by atoms with Crippen LogP contribution in [0.15, 0.2) is 0 Å². The average Bonchev–Trinajstić information content (AvgIpc) is 2.58. The van der Waals surface area contributed by atoms with Gasteiger partial charge in [0, 0.05) is 7.11 Å². The molecule has 0 amide bonds. The Morgan fingerprint density at radius 3 is 2.20 bits per heavy atom. The maximum Gasteiger partial charge on any atom is 0.335 e. The van der Waals surface area contributed by atoms with Crippen LogP contribution in [0.25, 0.3) is 0 Å². The predicted molar refractivity (Wildman–Crippen MR) is 75.9 cm³/mol. The second kappa shape index (κ2) is 8.18. The van der Waals surface area contributed by atoms with Gasteiger partial charge in [0.2, 0.25) is 0 Å². The van der Waals surface area contributed by atoms with Gasteiger partial charge in [-0.1, -0.05) is 0 Å². The zero-order chi connectivity index (χ0) is 18.9. The Labute approximate surface area is 142 Å². The number of carboxylic acids is 1. The van der Waals surface area contributed by atoms with Gasteiger partial charge in [-0.2, -0.15) is 0 Å². The molecule has 0 aromatic heterocycles. The summed E-state index contributed by atoms with van der Waals surface area (Å²) in [5, 5.41) is 58.1. The Morgan fingerprint density at radius 1 is 1.04 bits per heavy atom. The first-order valence-corrected chi connectivity index (χ1v) is 7.53. The minimum absolute atomic E-state index is 0.606. The van der Waals surface area contributed by atoms with Crippen LogP contribution in [0.2, 0.25) is 0 Å². The molecule has 2 fully saturated rings. The molecule has 12 nitrogen and oxygen atoms in total. The van der Waals surface area contributed by atoms with E-state index in [4.69, 9.17) is 29.8 Å². The fraction of sp³-hybridized carbons (Fsp3) is 0.923. The van der Waals surface area contributed by atoms with E-state index in [0.717, 1.165) is 0 Å². The number of aliphatic carboxylic acids is 1. The number of aliphatic hydroxyl groups excluding tert-OH is 5. The number of carbonyl (C=O) groups is 1. The molecule has 25 heavy (non-hydrogen) atoms. The van der Waals surface area contributed by atoms with Crippen LogP contribution in [0.3, 0.4) is 0 Å². The Hall–Kier alpha value is -0.930. The summed E-state index contributed by atoms with van der Waals surface area (Å²) >= 11 is 0. The molecule has 2 heterocycles. The average molecular weight is 369 g/mol. The summed E-state index contributed by atoms with van der Waals surface area (Å²) in [6.45, 7) is -0.606. The highest BCUT2D eigenvalue weighted by molar-refractivity contribution is 5.73. The third kappa shape index (κ3) is 3.93. The van der Waals surface area contributed by atoms with Crippen molar-refractivity contribution in [2.24, 2.45) is 5.73 Å². The highest BCUT2D eigenvalue weighted by Gasteiger charge is 2.51. The van der Waals surface area contributed by atoms with E-state index >= 15 is 0 Å². The van der Waals surface area contributed by atoms with Crippen LogP contribution in [-0.2, 0) is 23.7 Å². The number of rotatable bonds is 5. The third-order valence-electron chi connectivity index (χ3n) is 4.24. The van der Waals surface area contributed by atoms with E-state index in [0.29, 0.717) is 0 Å². The molecular weight excluding hydrogens is 346 g/mol. The van der Waals surface area contributed by atoms with Crippen molar-refractivity contribution in [2.45, 2.75) is 61.3 Å². The Morgan fingerprint density at radius 2 is 1.68 bits per heavy atom. The van der Waals surface area contributed by atoms with Gasteiger partial charge in [-0.15, -0.1) is 0 Å². The Kier molecular flexibility index (Phi) is 6.67. The smallest absolute Gasteiger partial charge is 0.335 e. The van der Waals surface area contributed by atoms with E-state index in [2.05, 4.69) is 0 Å². The Balaban J connectivity index is 2.16. The van der Waals surface area contributed by atoms with Crippen molar-refractivity contribution in [3.8, 4) is 0 Å². The zero-order valence-electron chi connectivity index (χ0n) is 13.3. The molecule has 10 atom stereocenters. The van der Waals surface area contributed by atoms with Crippen molar-refractivity contribution in [3.63, 3.8) is 0 Å². The van der Waals surface area contributed by atoms with Crippen LogP contribution in [0.4, 0.5) is 0 Å². The lowest BCUT2D eigenvalue weighted by atomic mass is 9.96. The van der Waals surface area contributed by atoms with Gasteiger partial charge in [0.1, 0.15) is 36.6 Å². The summed E-state index contributed by atoms with van der Waals surface area (Å²) in [6.07, 6.45) is -14.0. The van der Waals surface area contributed by atoms with Crippen LogP contribution < -0.4 is 5.73 Å². The number of nitrogens with two attached hydrogens (primary N) is 1. The van der Waals surface area contributed by atoms with Crippen molar-refractivity contribution in [2.75, 3.05) is 13.7 Å². The lowest BCUT2D eigenvalue weighted by Crippen LogP contribution is -2.66. The molecule has 8 N–H and O–H groups in total. The first-order chi connectivity index (χ1) is 11.7. The van der Waals surface area contributed by atoms with Crippen molar-refractivity contribution >= 4 is 5.97 Å². The summed E-state index contributed by atoms with van der Waals surface area (Å²) in [5.41, 5.74) is 5.76. The first kappa shape index (κ1) is 20.4. The molecule has 2 aliphatic heterocycles. The summed E-state index contributed by atoms with van der Waals surface area (Å²) in [6, 6.07) is -1.07. The number of ether oxygens (including phenoxy) is 4. The van der Waals surface area contributed by atoms with Crippen molar-refractivity contribution in [3.05, 3.63) is 0 Å². The number of methoxy groups -OCH3 is 1. The highest BCUT2D eigenvalue weighted by Crippen LogP contribution is 2.28. The molecule has 12 heteroatoms. The zero-order valence-corrected chi connectivity index (χ0v) is 13.3. The fourth-order valence-corrected chi connectivity index (χ4v) is 2.79. The molecule has 0 aromatic rings. The molecular formula is C13H23NO11. The van der Waals surface area contributed by atoms with Crippen molar-refractivity contribution < 1.29 is 54.4 Å². The standard InChI is InChI=1S/C13H23NO11/c1-22-12-4(14)5(16)9(3(2-15)23-12)24-13-8(19)6(17)7(18)10(25-13)11(20)21/h3-10,12-13,15-19H,2,14H2,1H3,(H,20,21)/t3?,4?,5?,6-,7-,8?,9+,10?,12+,13+/m0/s1. The SMILES string of the molecule is CO[C@@H]1OC(CO)[C@@H](O[C@@H]2OC(C(=O)O)[C@@H](O)[C@H](O)C2O)C(O)C1N. The maximum atomic E-state index is 11.1. The van der Waals surface area contributed by atoms with Gasteiger partial charge < -0.3 is 55.3 Å². The highest BCUT2D eigenvalue weighted by atomic mass is 16.7. The van der Waals surface area contributed by atoms with Gasteiger partial charge in [0.15, 0.2) is 18.7 Å². The van der Waals surface area contributed by atoms with Gasteiger partial charge in [-0.05, 0) is 0 Å². The van der Waals surface area contributed by atoms with Crippen molar-refractivity contribution in [1.82, 2.24) is 0 Å². The van der Waals surface area contributed by atoms with Crippen LogP contribution >= 0.6 is 0 Å². The molecule has 5 unspecified atom stereocenters. The summed E-state index contributed by atoms with van der Waals surface area (Å²) in [7, 11) is 1.29. The molecule has 0 aromatic carbocycles. The van der Waals surface area contributed by atoms with E-state index < -0.39 is 73.9 Å². The van der Waals surface area contributed by atoms with Crippen LogP contribution in [-0.4, -0.2) is 112 Å². The van der Waals surface area contributed by atoms with E-state index in [1.165, 1.54) is 7.11 Å². The monoisotopic (exact) mass is 369 g/mol. The van der Waals surface area contributed by atoms with Gasteiger partial charge in [0.05, 0.1) is 12.6 Å². The lowest BCUT2D eigenvalue weighted by molar-refractivity contribution is -0.340. The van der Waals surface area contributed by atoms with Gasteiger partial charge in [-0.25, -0.2) is 4.79 Å². The number of carboxylic acid groups (broad SMARTS) is 1. The van der Waals surface area contributed by atoms with Crippen LogP contribution in [0, 0.1) is 0 Å². The summed E-state index contributed by atoms with van der Waals surface area (Å²) in [4.78, 5) is 11.1. The third-order valence-corrected chi connectivity index (χ3v) is 4.24. The quantitative estimate of drug-likeness (QED) is 0.244. The first-order valence-electron chi connectivity index (χ1n) is 7.53. The topological polar surface area (TPSA) is 201 Å². The van der Waals surface area contributed by atoms with E-state index in [9.17, 15) is 30.3 Å². The second-order valence-electron chi connectivity index (χ2n) is 5.86. The predicted octanol–water partition coefficient (Wildman–Crippen LogP) is -4.68. The van der Waals surface area contributed by atoms with Crippen LogP contribution in [0.1, 0.15) is 0 Å². The molecule has 0 spiro atoms. The maximum absolute atomic E-state index is 11.1. The normalized spacial score (nSPS) is 48.3. The van der Waals surface area contributed by atoms with Gasteiger partial charge in [-0.3, -0.25) is 0 Å². The Bertz CT molecular complexity index is 463. The van der Waals surface area contributed by atoms with E-state index in [1.54, 1.807) is 0 Å². The molecule has 0 radical (unpaired) electrons. The summed E-state index contributed by atoms with van der Waals surface area (Å²) < 4.78 is 20.6. The molecule has 0 bridgehead atoms. The fourth-order valence-electron chi connectivity index (χ4n) is 2.79. The molecule has 2 saturated heterocycles. The largest absolute Gasteiger partial charge is 0.479 e. The molecule has 2 rings (SSSR count). The molecule has 0 aliphatic carbocycles. The molecule has 146 valence electrons. The van der Waals surface area contributed by atoms with E-state index in [-0.39, 0.29) is 0 Å². The van der Waals surface area contributed by atoms with Crippen LogP contribution in [0.5, 0.6) is 0 Å². The number of hydrogen-bond donors (Lipinski definition) is 7. The number of hydrogen-bond acceptors (Lipinski definition) is 11. The van der Waals surface area contributed by atoms with Gasteiger partial charge >= 0.3 is 5.97 Å². The lowest BCUT2D eigenvalue weighted by Gasteiger charge is -2.45. The summed E-state index contributed by atoms with van der Waals surface area (Å²) in [5.74, 6) is -1.58. The van der Waals surface area contributed by atoms with Crippen molar-refractivity contribution in [1.29, 1.82) is 0 Å². The molecule has 0 saturated carbocycles. The van der Waals surface area contributed by atoms with Gasteiger partial charge in [0.25, 0.3) is 0 Å². The minimum atomic E-state index is -1.88. The van der Waals surface area contributed by atoms with E-state index in [1.807, 2.05) is 0 Å². The molecule has 2 aliphatic rings. The second-order valence-corrected chi connectivity index (χ2v) is 5.86. The minimum Gasteiger partial charge on any atom is -0.479 e. The number of aliphatic hydroxyl groups is 5.